The number of nitrogens with zero attached hydrogens (tertiary/aromatic N) is 1. The van der Waals surface area contributed by atoms with Crippen molar-refractivity contribution < 1.29 is 4.79 Å². The Kier molecular flexibility index (Phi) is 3.75. The summed E-state index contributed by atoms with van der Waals surface area (Å²) in [4.78, 5) is 14.0. The summed E-state index contributed by atoms with van der Waals surface area (Å²) >= 11 is 0. The first-order valence-electron chi connectivity index (χ1n) is 6.48. The fourth-order valence-corrected chi connectivity index (χ4v) is 2.35. The number of nitrogens with one attached hydrogen (secondary N) is 1. The smallest absolute Gasteiger partial charge is 0.321 e. The van der Waals surface area contributed by atoms with Crippen LogP contribution in [0.4, 0.5) is 16.2 Å². The molecule has 18 heavy (non-hydrogen) atoms. The average Bonchev–Trinajstić information content (AvgIpc) is 2.34. The molecular weight excluding hydrogens is 226 g/mol. The molecule has 0 spiro atoms. The van der Waals surface area contributed by atoms with E-state index in [2.05, 4.69) is 12.2 Å². The highest BCUT2D eigenvalue weighted by molar-refractivity contribution is 5.92. The highest BCUT2D eigenvalue weighted by Gasteiger charge is 2.21. The van der Waals surface area contributed by atoms with E-state index in [0.29, 0.717) is 17.3 Å². The number of piperidine rings is 1. The van der Waals surface area contributed by atoms with Crippen LogP contribution < -0.4 is 11.1 Å². The molecule has 0 radical (unpaired) electrons. The summed E-state index contributed by atoms with van der Waals surface area (Å²) < 4.78 is 0. The van der Waals surface area contributed by atoms with E-state index in [0.717, 1.165) is 25.1 Å². The van der Waals surface area contributed by atoms with Gasteiger partial charge in [-0.25, -0.2) is 4.79 Å². The largest absolute Gasteiger partial charge is 0.397 e. The monoisotopic (exact) mass is 247 g/mol. The van der Waals surface area contributed by atoms with E-state index in [1.165, 1.54) is 6.42 Å². The van der Waals surface area contributed by atoms with E-state index in [4.69, 9.17) is 5.73 Å². The maximum atomic E-state index is 12.1. The van der Waals surface area contributed by atoms with E-state index in [-0.39, 0.29) is 6.03 Å². The molecule has 1 aromatic rings. The molecule has 0 aliphatic carbocycles. The van der Waals surface area contributed by atoms with E-state index in [1.807, 2.05) is 30.0 Å². The number of nitrogens with two attached hydrogens (primary N) is 1. The Morgan fingerprint density at radius 2 is 2.28 bits per heavy atom. The van der Waals surface area contributed by atoms with Gasteiger partial charge in [0.15, 0.2) is 0 Å². The van der Waals surface area contributed by atoms with Crippen molar-refractivity contribution >= 4 is 17.4 Å². The van der Waals surface area contributed by atoms with E-state index >= 15 is 0 Å². The Labute approximate surface area is 108 Å². The molecule has 4 heteroatoms. The van der Waals surface area contributed by atoms with Crippen molar-refractivity contribution in [2.24, 2.45) is 5.92 Å². The Balaban J connectivity index is 2.04. The number of nitrogen functional groups attached to an aromatic ring is 1. The van der Waals surface area contributed by atoms with Gasteiger partial charge in [0, 0.05) is 13.1 Å². The van der Waals surface area contributed by atoms with Gasteiger partial charge < -0.3 is 16.0 Å². The van der Waals surface area contributed by atoms with Crippen molar-refractivity contribution in [1.29, 1.82) is 0 Å². The molecular formula is C14H21N3O. The predicted molar refractivity (Wildman–Crippen MR) is 74.6 cm³/mol. The van der Waals surface area contributed by atoms with Gasteiger partial charge in [0.1, 0.15) is 0 Å². The first-order valence-corrected chi connectivity index (χ1v) is 6.48. The number of urea groups is 1. The summed E-state index contributed by atoms with van der Waals surface area (Å²) in [5.41, 5.74) is 8.27. The Morgan fingerprint density at radius 1 is 1.50 bits per heavy atom. The molecule has 0 aromatic heterocycles. The van der Waals surface area contributed by atoms with Gasteiger partial charge in [0.25, 0.3) is 0 Å². The maximum Gasteiger partial charge on any atom is 0.321 e. The molecule has 0 saturated carbocycles. The van der Waals surface area contributed by atoms with Crippen LogP contribution in [-0.2, 0) is 0 Å². The van der Waals surface area contributed by atoms with Crippen LogP contribution >= 0.6 is 0 Å². The zero-order valence-corrected chi connectivity index (χ0v) is 11.1. The molecule has 0 bridgehead atoms. The van der Waals surface area contributed by atoms with Gasteiger partial charge in [-0.2, -0.15) is 0 Å². The summed E-state index contributed by atoms with van der Waals surface area (Å²) in [6, 6.07) is 5.62. The van der Waals surface area contributed by atoms with Gasteiger partial charge in [-0.1, -0.05) is 13.0 Å². The number of anilines is 2. The van der Waals surface area contributed by atoms with E-state index < -0.39 is 0 Å². The number of hydrogen-bond acceptors (Lipinski definition) is 2. The van der Waals surface area contributed by atoms with Crippen LogP contribution in [0.1, 0.15) is 25.3 Å². The molecule has 4 nitrogen and oxygen atoms in total. The first-order chi connectivity index (χ1) is 8.56. The number of carbonyl (C=O) groups excluding carboxylic acids is 1. The molecule has 1 aliphatic heterocycles. The van der Waals surface area contributed by atoms with E-state index in [1.54, 1.807) is 0 Å². The number of benzene rings is 1. The van der Waals surface area contributed by atoms with Crippen LogP contribution in [0.15, 0.2) is 18.2 Å². The molecule has 1 aliphatic rings. The fraction of sp³-hybridized carbons (Fsp3) is 0.500. The molecule has 3 N–H and O–H groups in total. The minimum Gasteiger partial charge on any atom is -0.397 e. The molecule has 1 atom stereocenters. The van der Waals surface area contributed by atoms with Crippen LogP contribution in [-0.4, -0.2) is 24.0 Å². The van der Waals surface area contributed by atoms with Gasteiger partial charge >= 0.3 is 6.03 Å². The Morgan fingerprint density at radius 3 is 3.00 bits per heavy atom. The van der Waals surface area contributed by atoms with Crippen LogP contribution in [0.25, 0.3) is 0 Å². The van der Waals surface area contributed by atoms with Crippen molar-refractivity contribution in [2.75, 3.05) is 24.1 Å². The summed E-state index contributed by atoms with van der Waals surface area (Å²) in [5, 5.41) is 2.90. The zero-order chi connectivity index (χ0) is 13.1. The molecule has 98 valence electrons. The number of likely N-dealkylation sites (tertiary alicyclic amines) is 1. The molecule has 1 aromatic carbocycles. The van der Waals surface area contributed by atoms with Crippen molar-refractivity contribution in [3.8, 4) is 0 Å². The van der Waals surface area contributed by atoms with Gasteiger partial charge in [-0.3, -0.25) is 0 Å². The predicted octanol–water partition coefficient (Wildman–Crippen LogP) is 2.84. The fourth-order valence-electron chi connectivity index (χ4n) is 2.35. The standard InChI is InChI=1S/C14H21N3O/c1-10-5-6-12(15)13(8-10)16-14(18)17-7-3-4-11(2)9-17/h5-6,8,11H,3-4,7,9,15H2,1-2H3,(H,16,18). The molecule has 1 unspecified atom stereocenters. The van der Waals surface area contributed by atoms with Crippen molar-refractivity contribution in [3.63, 3.8) is 0 Å². The van der Waals surface area contributed by atoms with Gasteiger partial charge in [-0.05, 0) is 43.4 Å². The normalized spacial score (nSPS) is 19.7. The molecule has 2 amide bonds. The average molecular weight is 247 g/mol. The van der Waals surface area contributed by atoms with Gasteiger partial charge in [0.05, 0.1) is 11.4 Å². The first kappa shape index (κ1) is 12.7. The number of rotatable bonds is 1. The lowest BCUT2D eigenvalue weighted by Gasteiger charge is -2.31. The number of aryl methyl sites for hydroxylation is 1. The third-order valence-electron chi connectivity index (χ3n) is 3.39. The second-order valence-corrected chi connectivity index (χ2v) is 5.21. The highest BCUT2D eigenvalue weighted by Crippen LogP contribution is 2.21. The third kappa shape index (κ3) is 2.94. The molecule has 1 fully saturated rings. The zero-order valence-electron chi connectivity index (χ0n) is 11.1. The van der Waals surface area contributed by atoms with Gasteiger partial charge in [0.2, 0.25) is 0 Å². The van der Waals surface area contributed by atoms with E-state index in [9.17, 15) is 4.79 Å². The molecule has 1 saturated heterocycles. The number of hydrogen-bond donors (Lipinski definition) is 2. The summed E-state index contributed by atoms with van der Waals surface area (Å²) in [6.07, 6.45) is 2.29. The molecule has 1 heterocycles. The minimum atomic E-state index is -0.0427. The van der Waals surface area contributed by atoms with Crippen molar-refractivity contribution in [1.82, 2.24) is 4.90 Å². The van der Waals surface area contributed by atoms with Crippen molar-refractivity contribution in [3.05, 3.63) is 23.8 Å². The second-order valence-electron chi connectivity index (χ2n) is 5.21. The Bertz CT molecular complexity index is 445. The van der Waals surface area contributed by atoms with Crippen LogP contribution in [0.2, 0.25) is 0 Å². The van der Waals surface area contributed by atoms with Crippen LogP contribution in [0.3, 0.4) is 0 Å². The lowest BCUT2D eigenvalue weighted by atomic mass is 10.0. The number of amides is 2. The summed E-state index contributed by atoms with van der Waals surface area (Å²) in [7, 11) is 0. The summed E-state index contributed by atoms with van der Waals surface area (Å²) in [5.74, 6) is 0.583. The minimum absolute atomic E-state index is 0.0427. The lowest BCUT2D eigenvalue weighted by molar-refractivity contribution is 0.182. The highest BCUT2D eigenvalue weighted by atomic mass is 16.2. The Hall–Kier alpha value is -1.71. The summed E-state index contributed by atoms with van der Waals surface area (Å²) in [6.45, 7) is 5.83. The lowest BCUT2D eigenvalue weighted by Crippen LogP contribution is -2.41. The quantitative estimate of drug-likeness (QED) is 0.750. The second kappa shape index (κ2) is 5.29. The maximum absolute atomic E-state index is 12.1. The SMILES string of the molecule is Cc1ccc(N)c(NC(=O)N2CCCC(C)C2)c1. The van der Waals surface area contributed by atoms with Crippen LogP contribution in [0.5, 0.6) is 0 Å². The van der Waals surface area contributed by atoms with Crippen LogP contribution in [0, 0.1) is 12.8 Å². The van der Waals surface area contributed by atoms with Gasteiger partial charge in [-0.15, -0.1) is 0 Å². The van der Waals surface area contributed by atoms with Crippen molar-refractivity contribution in [2.45, 2.75) is 26.7 Å². The third-order valence-corrected chi connectivity index (χ3v) is 3.39. The topological polar surface area (TPSA) is 58.4 Å². The number of carbonyl (C=O) groups is 1. The molecule has 2 rings (SSSR count).